The molecule has 12 heteroatoms. The fourth-order valence-corrected chi connectivity index (χ4v) is 2.65. The van der Waals surface area contributed by atoms with Gasteiger partial charge in [0.05, 0.1) is 16.0 Å². The van der Waals surface area contributed by atoms with Crippen LogP contribution in [0.5, 0.6) is 5.88 Å². The third-order valence-corrected chi connectivity index (χ3v) is 4.23. The normalized spacial score (nSPS) is 11.5. The minimum Gasteiger partial charge on any atom is -0.494 e. The van der Waals surface area contributed by atoms with Crippen LogP contribution in [0.25, 0.3) is 11.0 Å². The number of nitrogens with zero attached hydrogens (tertiary/aromatic N) is 5. The lowest BCUT2D eigenvalue weighted by Gasteiger charge is -2.03. The first-order chi connectivity index (χ1) is 12.6. The third-order valence-electron chi connectivity index (χ3n) is 4.23. The summed E-state index contributed by atoms with van der Waals surface area (Å²) in [7, 11) is 4.23. The maximum Gasteiger partial charge on any atom is 0.330 e. The Labute approximate surface area is 149 Å². The number of nitrogens with one attached hydrogen (secondary N) is 1. The molecule has 0 saturated heterocycles. The number of nitro groups is 1. The predicted octanol–water partition coefficient (Wildman–Crippen LogP) is -0.372. The SMILES string of the molecule is Cn1c(O)c(C=Nc2cc3c(cc2[N+](=O)[O-])n(C)c(=O)n3C)c(=O)[nH]c1=O. The van der Waals surface area contributed by atoms with E-state index in [1.807, 2.05) is 4.98 Å². The molecule has 0 radical (unpaired) electrons. The van der Waals surface area contributed by atoms with E-state index >= 15 is 0 Å². The monoisotopic (exact) mass is 374 g/mol. The molecule has 27 heavy (non-hydrogen) atoms. The Balaban J connectivity index is 2.26. The number of H-pyrrole nitrogens is 1. The topological polar surface area (TPSA) is 158 Å². The molecule has 0 unspecified atom stereocenters. The lowest BCUT2D eigenvalue weighted by molar-refractivity contribution is -0.383. The van der Waals surface area contributed by atoms with Crippen molar-refractivity contribution in [3.8, 4) is 5.88 Å². The molecular weight excluding hydrogens is 360 g/mol. The summed E-state index contributed by atoms with van der Waals surface area (Å²) < 4.78 is 3.36. The van der Waals surface area contributed by atoms with Crippen molar-refractivity contribution in [1.82, 2.24) is 18.7 Å². The van der Waals surface area contributed by atoms with Crippen molar-refractivity contribution in [3.05, 3.63) is 59.1 Å². The Bertz CT molecular complexity index is 1310. The molecule has 1 aromatic carbocycles. The van der Waals surface area contributed by atoms with Crippen molar-refractivity contribution in [2.24, 2.45) is 26.1 Å². The van der Waals surface area contributed by atoms with E-state index in [1.54, 1.807) is 0 Å². The standard InChI is InChI=1S/C15H14N6O6/c1-18-10-4-8(9(21(26)27)5-11(10)19(2)15(18)25)16-6-7-12(22)17-14(24)20(3)13(7)23/h4-6,23H,1-3H3,(H,17,22,24). The number of hydrogen-bond donors (Lipinski definition) is 2. The number of aromatic hydroxyl groups is 1. The number of aromatic nitrogens is 4. The van der Waals surface area contributed by atoms with Gasteiger partial charge < -0.3 is 5.11 Å². The lowest BCUT2D eigenvalue weighted by atomic mass is 10.2. The van der Waals surface area contributed by atoms with Crippen LogP contribution in [0.3, 0.4) is 0 Å². The van der Waals surface area contributed by atoms with Gasteiger partial charge in [0.15, 0.2) is 0 Å². The van der Waals surface area contributed by atoms with Crippen molar-refractivity contribution < 1.29 is 10.0 Å². The van der Waals surface area contributed by atoms with Gasteiger partial charge in [-0.25, -0.2) is 14.6 Å². The Morgan fingerprint density at radius 1 is 1.11 bits per heavy atom. The molecule has 2 aromatic heterocycles. The zero-order chi connectivity index (χ0) is 20.0. The fraction of sp³-hybridized carbons (Fsp3) is 0.200. The summed E-state index contributed by atoms with van der Waals surface area (Å²) in [6, 6.07) is 2.53. The van der Waals surface area contributed by atoms with Gasteiger partial charge >= 0.3 is 11.4 Å². The molecule has 0 spiro atoms. The van der Waals surface area contributed by atoms with E-state index in [4.69, 9.17) is 0 Å². The number of benzene rings is 1. The van der Waals surface area contributed by atoms with Gasteiger partial charge in [-0.15, -0.1) is 0 Å². The largest absolute Gasteiger partial charge is 0.494 e. The Morgan fingerprint density at radius 3 is 2.30 bits per heavy atom. The molecule has 0 aliphatic heterocycles. The number of imidazole rings is 1. The van der Waals surface area contributed by atoms with Crippen LogP contribution in [0.4, 0.5) is 11.4 Å². The van der Waals surface area contributed by atoms with Crippen LogP contribution < -0.4 is 16.9 Å². The van der Waals surface area contributed by atoms with Crippen LogP contribution >= 0.6 is 0 Å². The summed E-state index contributed by atoms with van der Waals surface area (Å²) in [5, 5.41) is 21.3. The number of aromatic amines is 1. The van der Waals surface area contributed by atoms with Crippen molar-refractivity contribution in [2.75, 3.05) is 0 Å². The van der Waals surface area contributed by atoms with Crippen molar-refractivity contribution in [3.63, 3.8) is 0 Å². The molecule has 0 saturated carbocycles. The van der Waals surface area contributed by atoms with E-state index in [-0.39, 0.29) is 22.6 Å². The van der Waals surface area contributed by atoms with Gasteiger partial charge in [-0.2, -0.15) is 0 Å². The fourth-order valence-electron chi connectivity index (χ4n) is 2.65. The molecule has 0 fully saturated rings. The zero-order valence-corrected chi connectivity index (χ0v) is 14.5. The van der Waals surface area contributed by atoms with E-state index in [0.717, 1.165) is 10.8 Å². The summed E-state index contributed by atoms with van der Waals surface area (Å²) >= 11 is 0. The summed E-state index contributed by atoms with van der Waals surface area (Å²) in [6.45, 7) is 0. The van der Waals surface area contributed by atoms with Crippen molar-refractivity contribution in [1.29, 1.82) is 0 Å². The lowest BCUT2D eigenvalue weighted by Crippen LogP contribution is -2.30. The molecule has 2 N–H and O–H groups in total. The van der Waals surface area contributed by atoms with E-state index in [9.17, 15) is 29.6 Å². The Kier molecular flexibility index (Phi) is 4.02. The highest BCUT2D eigenvalue weighted by molar-refractivity contribution is 5.89. The minimum atomic E-state index is -0.893. The number of nitro benzene ring substituents is 1. The maximum absolute atomic E-state index is 12.0. The van der Waals surface area contributed by atoms with Crippen LogP contribution in [0.15, 0.2) is 31.5 Å². The second-order valence-corrected chi connectivity index (χ2v) is 5.80. The molecule has 2 heterocycles. The van der Waals surface area contributed by atoms with Gasteiger partial charge in [-0.3, -0.25) is 33.6 Å². The maximum atomic E-state index is 12.0. The van der Waals surface area contributed by atoms with E-state index in [0.29, 0.717) is 11.0 Å². The van der Waals surface area contributed by atoms with Gasteiger partial charge in [-0.05, 0) is 6.07 Å². The summed E-state index contributed by atoms with van der Waals surface area (Å²) in [4.78, 5) is 52.0. The van der Waals surface area contributed by atoms with Gasteiger partial charge in [-0.1, -0.05) is 0 Å². The van der Waals surface area contributed by atoms with Crippen LogP contribution in [-0.4, -0.2) is 34.9 Å². The first-order valence-electron chi connectivity index (χ1n) is 7.53. The highest BCUT2D eigenvalue weighted by atomic mass is 16.6. The highest BCUT2D eigenvalue weighted by Gasteiger charge is 2.19. The summed E-state index contributed by atoms with van der Waals surface area (Å²) in [5.41, 5.74) is -2.19. The van der Waals surface area contributed by atoms with E-state index in [1.165, 1.54) is 42.4 Å². The molecular formula is C15H14N6O6. The first kappa shape index (κ1) is 17.8. The summed E-state index contributed by atoms with van der Waals surface area (Å²) in [6.07, 6.45) is 0.919. The smallest absolute Gasteiger partial charge is 0.330 e. The predicted molar refractivity (Wildman–Crippen MR) is 96.0 cm³/mol. The number of hydrogen-bond acceptors (Lipinski definition) is 7. The Morgan fingerprint density at radius 2 is 1.70 bits per heavy atom. The summed E-state index contributed by atoms with van der Waals surface area (Å²) in [5.74, 6) is -0.636. The van der Waals surface area contributed by atoms with E-state index < -0.39 is 22.1 Å². The highest BCUT2D eigenvalue weighted by Crippen LogP contribution is 2.31. The van der Waals surface area contributed by atoms with Crippen LogP contribution in [0.2, 0.25) is 0 Å². The molecule has 3 rings (SSSR count). The molecule has 0 amide bonds. The van der Waals surface area contributed by atoms with Gasteiger partial charge in [0.2, 0.25) is 5.88 Å². The second-order valence-electron chi connectivity index (χ2n) is 5.80. The van der Waals surface area contributed by atoms with Gasteiger partial charge in [0.1, 0.15) is 11.3 Å². The molecule has 3 aromatic rings. The molecule has 0 aliphatic carbocycles. The number of fused-ring (bicyclic) bond motifs is 1. The number of aliphatic imine (C=N–C) groups is 1. The molecule has 0 aliphatic rings. The Hall–Kier alpha value is -3.96. The van der Waals surface area contributed by atoms with Crippen LogP contribution in [0.1, 0.15) is 5.56 Å². The van der Waals surface area contributed by atoms with E-state index in [2.05, 4.69) is 4.99 Å². The second kappa shape index (κ2) is 6.09. The average molecular weight is 374 g/mol. The zero-order valence-electron chi connectivity index (χ0n) is 14.5. The average Bonchev–Trinajstić information content (AvgIpc) is 2.83. The van der Waals surface area contributed by atoms with Gasteiger partial charge in [0.25, 0.3) is 11.2 Å². The molecule has 12 nitrogen and oxygen atoms in total. The molecule has 140 valence electrons. The third kappa shape index (κ3) is 2.72. The number of rotatable bonds is 3. The van der Waals surface area contributed by atoms with Gasteiger partial charge in [0, 0.05) is 33.4 Å². The minimum absolute atomic E-state index is 0.124. The quantitative estimate of drug-likeness (QED) is 0.362. The molecule has 0 bridgehead atoms. The van der Waals surface area contributed by atoms with Crippen molar-refractivity contribution >= 4 is 28.6 Å². The van der Waals surface area contributed by atoms with Crippen LogP contribution in [-0.2, 0) is 21.1 Å². The van der Waals surface area contributed by atoms with Crippen molar-refractivity contribution in [2.45, 2.75) is 0 Å². The molecule has 0 atom stereocenters. The first-order valence-corrected chi connectivity index (χ1v) is 7.53. The number of aryl methyl sites for hydroxylation is 2. The van der Waals surface area contributed by atoms with Crippen LogP contribution in [0, 0.1) is 10.1 Å².